The zero-order valence-corrected chi connectivity index (χ0v) is 21.1. The van der Waals surface area contributed by atoms with Gasteiger partial charge in [-0.25, -0.2) is 14.3 Å². The Bertz CT molecular complexity index is 1250. The lowest BCUT2D eigenvalue weighted by atomic mass is 10.0. The van der Waals surface area contributed by atoms with E-state index >= 15 is 0 Å². The first-order valence-corrected chi connectivity index (χ1v) is 13.2. The number of β-lactam (4-membered cyclic amide) rings is 1. The van der Waals surface area contributed by atoms with Crippen LogP contribution in [0.25, 0.3) is 0 Å². The van der Waals surface area contributed by atoms with E-state index in [-0.39, 0.29) is 36.9 Å². The largest absolute Gasteiger partial charge is 0.477 e. The highest BCUT2D eigenvalue weighted by Gasteiger charge is 2.54. The lowest BCUT2D eigenvalue weighted by Crippen LogP contribution is -2.70. The topological polar surface area (TPSA) is 211 Å². The third-order valence-corrected chi connectivity index (χ3v) is 8.14. The van der Waals surface area contributed by atoms with Gasteiger partial charge in [0.25, 0.3) is 5.91 Å². The van der Waals surface area contributed by atoms with Crippen molar-refractivity contribution in [3.05, 3.63) is 46.7 Å². The summed E-state index contributed by atoms with van der Waals surface area (Å²) in [7, 11) is 0. The van der Waals surface area contributed by atoms with Gasteiger partial charge in [-0.05, 0) is 27.1 Å². The molecule has 2 aliphatic rings. The first-order chi connectivity index (χ1) is 17.8. The highest BCUT2D eigenvalue weighted by molar-refractivity contribution is 8.01. The van der Waals surface area contributed by atoms with Crippen molar-refractivity contribution in [2.75, 3.05) is 18.1 Å². The Morgan fingerprint density at radius 2 is 2.00 bits per heavy atom. The Morgan fingerprint density at radius 1 is 1.24 bits per heavy atom. The summed E-state index contributed by atoms with van der Waals surface area (Å²) in [6.45, 7) is 0.797. The average Bonchev–Trinajstić information content (AvgIpc) is 3.32. The van der Waals surface area contributed by atoms with Gasteiger partial charge in [0.2, 0.25) is 11.1 Å². The summed E-state index contributed by atoms with van der Waals surface area (Å²) in [4.78, 5) is 49.7. The Kier molecular flexibility index (Phi) is 8.30. The third-order valence-electron chi connectivity index (χ3n) is 5.75. The number of carboxylic acid groups (broad SMARTS) is 1. The van der Waals surface area contributed by atoms with E-state index < -0.39 is 29.3 Å². The molecule has 1 fully saturated rings. The number of primary amides is 1. The van der Waals surface area contributed by atoms with Crippen LogP contribution in [0.5, 0.6) is 0 Å². The zero-order valence-electron chi connectivity index (χ0n) is 19.5. The van der Waals surface area contributed by atoms with E-state index in [1.54, 1.807) is 0 Å². The summed E-state index contributed by atoms with van der Waals surface area (Å²) < 4.78 is 1.46. The van der Waals surface area contributed by atoms with Gasteiger partial charge in [-0.1, -0.05) is 36.0 Å². The first-order valence-electron chi connectivity index (χ1n) is 11.2. The van der Waals surface area contributed by atoms with Crippen LogP contribution in [0.4, 0.5) is 4.79 Å². The number of hydrogen-bond acceptors (Lipinski definition) is 10. The predicted octanol–water partition coefficient (Wildman–Crippen LogP) is -1.13. The molecule has 2 aliphatic heterocycles. The molecule has 14 nitrogen and oxygen atoms in total. The van der Waals surface area contributed by atoms with Gasteiger partial charge in [0, 0.05) is 24.6 Å². The quantitative estimate of drug-likeness (QED) is 0.168. The molecule has 0 aliphatic carbocycles. The summed E-state index contributed by atoms with van der Waals surface area (Å²) in [5, 5.41) is 26.4. The summed E-state index contributed by atoms with van der Waals surface area (Å²) in [5.74, 6) is -1.43. The smallest absolute Gasteiger partial charge is 0.352 e. The van der Waals surface area contributed by atoms with Crippen LogP contribution < -0.4 is 22.1 Å². The number of carboxylic acids is 1. The minimum absolute atomic E-state index is 0.0712. The Morgan fingerprint density at radius 3 is 2.70 bits per heavy atom. The van der Waals surface area contributed by atoms with Crippen molar-refractivity contribution in [1.82, 2.24) is 35.7 Å². The fourth-order valence-electron chi connectivity index (χ4n) is 4.00. The van der Waals surface area contributed by atoms with Crippen LogP contribution >= 0.6 is 23.5 Å². The number of amides is 4. The number of fused-ring (bicyclic) bond motifs is 1. The Labute approximate surface area is 219 Å². The van der Waals surface area contributed by atoms with Crippen molar-refractivity contribution in [2.24, 2.45) is 11.5 Å². The number of carbonyl (C=O) groups excluding carboxylic acids is 3. The second-order valence-corrected chi connectivity index (χ2v) is 10.2. The highest BCUT2D eigenvalue weighted by atomic mass is 32.2. The molecule has 2 aromatic rings. The molecule has 16 heteroatoms. The molecule has 37 heavy (non-hydrogen) atoms. The maximum atomic E-state index is 12.9. The zero-order chi connectivity index (χ0) is 26.5. The SMILES string of the molecule is NCc1ccccc1CC(=O)NC1C(=O)N2C(C(=O)O)=C(CSc3nnnn3CCNC(N)=O)CS[C@H]12. The van der Waals surface area contributed by atoms with Crippen molar-refractivity contribution >= 4 is 47.3 Å². The maximum absolute atomic E-state index is 12.9. The van der Waals surface area contributed by atoms with Crippen LogP contribution in [0.2, 0.25) is 0 Å². The predicted molar refractivity (Wildman–Crippen MR) is 134 cm³/mol. The van der Waals surface area contributed by atoms with Crippen molar-refractivity contribution < 1.29 is 24.3 Å². The lowest BCUT2D eigenvalue weighted by molar-refractivity contribution is -0.150. The first kappa shape index (κ1) is 26.4. The number of benzene rings is 1. The van der Waals surface area contributed by atoms with Crippen LogP contribution in [0.1, 0.15) is 11.1 Å². The molecule has 0 bridgehead atoms. The van der Waals surface area contributed by atoms with Crippen molar-refractivity contribution in [1.29, 1.82) is 0 Å². The van der Waals surface area contributed by atoms with Crippen LogP contribution in [-0.2, 0) is 33.9 Å². The molecule has 4 rings (SSSR count). The van der Waals surface area contributed by atoms with Gasteiger partial charge in [-0.15, -0.1) is 16.9 Å². The monoisotopic (exact) mass is 547 g/mol. The van der Waals surface area contributed by atoms with Gasteiger partial charge in [0.1, 0.15) is 17.1 Å². The summed E-state index contributed by atoms with van der Waals surface area (Å²) in [6, 6.07) is 5.83. The number of hydrogen-bond donors (Lipinski definition) is 5. The summed E-state index contributed by atoms with van der Waals surface area (Å²) >= 11 is 2.60. The Hall–Kier alpha value is -3.63. The van der Waals surface area contributed by atoms with E-state index in [0.717, 1.165) is 11.1 Å². The fourth-order valence-corrected chi connectivity index (χ4v) is 6.39. The lowest BCUT2D eigenvalue weighted by Gasteiger charge is -2.49. The summed E-state index contributed by atoms with van der Waals surface area (Å²) in [6.07, 6.45) is 0.0712. The molecule has 0 radical (unpaired) electrons. The molecule has 1 aromatic heterocycles. The molecule has 2 atom stereocenters. The number of thioether (sulfide) groups is 2. The molecule has 3 heterocycles. The van der Waals surface area contributed by atoms with E-state index in [1.807, 2.05) is 24.3 Å². The number of nitrogens with zero attached hydrogens (tertiary/aromatic N) is 5. The minimum Gasteiger partial charge on any atom is -0.477 e. The van der Waals surface area contributed by atoms with E-state index in [9.17, 15) is 24.3 Å². The average molecular weight is 548 g/mol. The fraction of sp³-hybridized carbons (Fsp3) is 0.381. The van der Waals surface area contributed by atoms with Crippen molar-refractivity contribution in [3.63, 3.8) is 0 Å². The van der Waals surface area contributed by atoms with Crippen molar-refractivity contribution in [2.45, 2.75) is 36.1 Å². The molecule has 196 valence electrons. The minimum atomic E-state index is -1.22. The van der Waals surface area contributed by atoms with Crippen LogP contribution in [-0.4, -0.2) is 83.5 Å². The van der Waals surface area contributed by atoms with Gasteiger partial charge < -0.3 is 27.2 Å². The second kappa shape index (κ2) is 11.6. The van der Waals surface area contributed by atoms with Gasteiger partial charge >= 0.3 is 12.0 Å². The van der Waals surface area contributed by atoms with Gasteiger partial charge in [0.05, 0.1) is 13.0 Å². The molecule has 1 unspecified atom stereocenters. The number of carbonyl (C=O) groups is 4. The van der Waals surface area contributed by atoms with Crippen LogP contribution in [0.3, 0.4) is 0 Å². The number of aromatic nitrogens is 4. The van der Waals surface area contributed by atoms with E-state index in [4.69, 9.17) is 11.5 Å². The van der Waals surface area contributed by atoms with Gasteiger partial charge in [-0.2, -0.15) is 0 Å². The summed E-state index contributed by atoms with van der Waals surface area (Å²) in [5.41, 5.74) is 12.9. The normalized spacial score (nSPS) is 18.7. The molecule has 0 spiro atoms. The number of nitrogens with one attached hydrogen (secondary N) is 2. The number of urea groups is 1. The van der Waals surface area contributed by atoms with Crippen molar-refractivity contribution in [3.8, 4) is 0 Å². The van der Waals surface area contributed by atoms with E-state index in [2.05, 4.69) is 26.2 Å². The number of nitrogens with two attached hydrogens (primary N) is 2. The van der Waals surface area contributed by atoms with E-state index in [1.165, 1.54) is 33.1 Å². The second-order valence-electron chi connectivity index (χ2n) is 8.13. The standard InChI is InChI=1S/C21H25N9O5S2/c22-8-12-4-2-1-3-11(12)7-14(31)25-15-17(32)30-16(19(33)34)13(9-36-18(15)30)10-37-21-26-27-28-29(21)6-5-24-20(23)35/h1-4,15,18H,5-10,22H2,(H,25,31)(H,33,34)(H3,23,24,35)/t15?,18-/m1/s1. The molecule has 4 amide bonds. The van der Waals surface area contributed by atoms with Gasteiger partial charge in [0.15, 0.2) is 0 Å². The number of tetrazole rings is 1. The molecule has 7 N–H and O–H groups in total. The molecule has 0 saturated carbocycles. The Balaban J connectivity index is 1.40. The highest BCUT2D eigenvalue weighted by Crippen LogP contribution is 2.41. The molecular formula is C21H25N9O5S2. The van der Waals surface area contributed by atoms with Crippen LogP contribution in [0, 0.1) is 0 Å². The molecule has 1 aromatic carbocycles. The van der Waals surface area contributed by atoms with Crippen LogP contribution in [0.15, 0.2) is 40.7 Å². The maximum Gasteiger partial charge on any atom is 0.352 e. The third kappa shape index (κ3) is 5.86. The molecule has 1 saturated heterocycles. The van der Waals surface area contributed by atoms with E-state index in [0.29, 0.717) is 23.0 Å². The molecular weight excluding hydrogens is 522 g/mol. The van der Waals surface area contributed by atoms with Gasteiger partial charge in [-0.3, -0.25) is 14.5 Å². The number of aliphatic carboxylic acids is 1. The number of rotatable bonds is 11.